The largest absolute Gasteiger partial charge is 0.471 e. The first kappa shape index (κ1) is 33.2. The standard InChI is InChI=1S/C34H38N2O12/c1-6-20-23-13-26-28-22(21-9-7-8-10-25(21)35-28)11-12-36(26)32(41)24(23)14-43-33(20)48-34-31(46-19(5)40)30(45-18(4)39)29(44-17(3)38)27(47-34)15-42-16(2)37/h6-10,14,20,23,26-27,29-31,33-35H,1,11-13,15H2,2-5H3/t20-,23+,26+,27-,29-,30+,31-,33+,34+/m1/s1. The summed E-state index contributed by atoms with van der Waals surface area (Å²) in [6.45, 7) is 8.80. The molecule has 4 aliphatic rings. The maximum absolute atomic E-state index is 13.9. The summed E-state index contributed by atoms with van der Waals surface area (Å²) >= 11 is 0. The molecule has 6 rings (SSSR count). The SMILES string of the molecule is C=C[C@H]1[C@H](O[C@@H]2O[C@H](COC(C)=O)[C@@H](OC(C)=O)[C@H](OC(C)=O)[C@H]2OC(C)=O)OC=C2C(=O)N3CCc4c([nH]c5ccccc45)[C@@H]3C[C@H]21. The van der Waals surface area contributed by atoms with Crippen LogP contribution in [-0.2, 0) is 63.6 Å². The summed E-state index contributed by atoms with van der Waals surface area (Å²) in [6.07, 6.45) is -3.61. The van der Waals surface area contributed by atoms with Crippen molar-refractivity contribution in [2.45, 2.75) is 83.6 Å². The molecule has 9 atom stereocenters. The van der Waals surface area contributed by atoms with Gasteiger partial charge in [0.2, 0.25) is 12.6 Å². The van der Waals surface area contributed by atoms with Crippen LogP contribution in [0, 0.1) is 11.8 Å². The molecular weight excluding hydrogens is 628 g/mol. The highest BCUT2D eigenvalue weighted by molar-refractivity contribution is 5.96. The predicted molar refractivity (Wildman–Crippen MR) is 164 cm³/mol. The van der Waals surface area contributed by atoms with E-state index in [0.29, 0.717) is 18.5 Å². The Morgan fingerprint density at radius 1 is 0.958 bits per heavy atom. The van der Waals surface area contributed by atoms with Crippen LogP contribution in [0.15, 0.2) is 48.8 Å². The number of carbonyl (C=O) groups excluding carboxylic acids is 5. The molecule has 0 radical (unpaired) electrons. The van der Waals surface area contributed by atoms with Crippen molar-refractivity contribution in [2.24, 2.45) is 11.8 Å². The van der Waals surface area contributed by atoms with Gasteiger partial charge in [0, 0.05) is 62.7 Å². The van der Waals surface area contributed by atoms with Gasteiger partial charge in [0.25, 0.3) is 5.91 Å². The van der Waals surface area contributed by atoms with Crippen LogP contribution in [0.1, 0.15) is 51.4 Å². The Hall–Kier alpha value is -4.69. The highest BCUT2D eigenvalue weighted by Gasteiger charge is 2.55. The average molecular weight is 667 g/mol. The number of ether oxygens (including phenoxy) is 7. The van der Waals surface area contributed by atoms with Crippen molar-refractivity contribution in [3.8, 4) is 0 Å². The molecule has 1 amide bonds. The van der Waals surface area contributed by atoms with Crippen molar-refractivity contribution in [1.82, 2.24) is 9.88 Å². The first-order chi connectivity index (χ1) is 23.0. The number of amides is 1. The topological polar surface area (TPSA) is 169 Å². The summed E-state index contributed by atoms with van der Waals surface area (Å²) in [7, 11) is 0. The molecule has 0 saturated carbocycles. The molecule has 4 aliphatic heterocycles. The smallest absolute Gasteiger partial charge is 0.303 e. The molecule has 14 heteroatoms. The van der Waals surface area contributed by atoms with Gasteiger partial charge in [0.05, 0.1) is 17.9 Å². The lowest BCUT2D eigenvalue weighted by atomic mass is 9.74. The van der Waals surface area contributed by atoms with Gasteiger partial charge in [-0.15, -0.1) is 6.58 Å². The van der Waals surface area contributed by atoms with Gasteiger partial charge in [0.15, 0.2) is 18.3 Å². The van der Waals surface area contributed by atoms with Gasteiger partial charge < -0.3 is 43.0 Å². The molecule has 0 aliphatic carbocycles. The zero-order chi connectivity index (χ0) is 34.3. The van der Waals surface area contributed by atoms with Gasteiger partial charge in [-0.1, -0.05) is 24.3 Å². The van der Waals surface area contributed by atoms with Crippen LogP contribution in [0.5, 0.6) is 0 Å². The number of esters is 4. The molecule has 0 unspecified atom stereocenters. The number of rotatable bonds is 8. The van der Waals surface area contributed by atoms with Crippen molar-refractivity contribution < 1.29 is 57.1 Å². The van der Waals surface area contributed by atoms with E-state index >= 15 is 0 Å². The monoisotopic (exact) mass is 666 g/mol. The van der Waals surface area contributed by atoms with E-state index in [4.69, 9.17) is 33.2 Å². The van der Waals surface area contributed by atoms with Crippen LogP contribution in [0.4, 0.5) is 0 Å². The Bertz CT molecular complexity index is 1660. The highest BCUT2D eigenvalue weighted by atomic mass is 16.8. The average Bonchev–Trinajstić information content (AvgIpc) is 3.41. The minimum atomic E-state index is -1.46. The zero-order valence-corrected chi connectivity index (χ0v) is 27.0. The number of para-hydroxylation sites is 1. The van der Waals surface area contributed by atoms with Crippen molar-refractivity contribution in [1.29, 1.82) is 0 Å². The van der Waals surface area contributed by atoms with E-state index in [0.717, 1.165) is 43.8 Å². The number of benzene rings is 1. The second kappa shape index (κ2) is 13.4. The Labute approximate surface area is 276 Å². The Morgan fingerprint density at radius 3 is 2.33 bits per heavy atom. The predicted octanol–water partition coefficient (Wildman–Crippen LogP) is 2.76. The van der Waals surface area contributed by atoms with Crippen LogP contribution in [0.25, 0.3) is 10.9 Å². The third-order valence-electron chi connectivity index (χ3n) is 9.14. The normalized spacial score (nSPS) is 30.8. The van der Waals surface area contributed by atoms with Gasteiger partial charge in [-0.3, -0.25) is 24.0 Å². The first-order valence-corrected chi connectivity index (χ1v) is 15.8. The molecule has 2 aromatic rings. The van der Waals surface area contributed by atoms with E-state index in [1.54, 1.807) is 6.08 Å². The molecular formula is C34H38N2O12. The van der Waals surface area contributed by atoms with Crippen LogP contribution in [-0.4, -0.2) is 89.8 Å². The van der Waals surface area contributed by atoms with Crippen molar-refractivity contribution in [3.63, 3.8) is 0 Å². The number of aromatic nitrogens is 1. The molecule has 1 aromatic heterocycles. The summed E-state index contributed by atoms with van der Waals surface area (Å²) in [5.41, 5.74) is 3.69. The quantitative estimate of drug-likeness (QED) is 0.249. The molecule has 256 valence electrons. The van der Waals surface area contributed by atoms with E-state index in [-0.39, 0.29) is 17.9 Å². The maximum Gasteiger partial charge on any atom is 0.303 e. The minimum Gasteiger partial charge on any atom is -0.471 e. The molecule has 1 aromatic carbocycles. The summed E-state index contributed by atoms with van der Waals surface area (Å²) in [5, 5.41) is 1.14. The third kappa shape index (κ3) is 6.29. The minimum absolute atomic E-state index is 0.141. The number of piperidine rings is 1. The van der Waals surface area contributed by atoms with Gasteiger partial charge in [0.1, 0.15) is 12.7 Å². The van der Waals surface area contributed by atoms with Gasteiger partial charge in [-0.05, 0) is 24.5 Å². The molecule has 14 nitrogen and oxygen atoms in total. The van der Waals surface area contributed by atoms with Gasteiger partial charge in [-0.2, -0.15) is 0 Å². The van der Waals surface area contributed by atoms with Gasteiger partial charge in [-0.25, -0.2) is 0 Å². The number of carbonyl (C=O) groups is 5. The molecule has 5 heterocycles. The Morgan fingerprint density at radius 2 is 1.65 bits per heavy atom. The fraction of sp³-hybridized carbons (Fsp3) is 0.500. The lowest BCUT2D eigenvalue weighted by Gasteiger charge is -2.48. The number of nitrogens with one attached hydrogen (secondary N) is 1. The van der Waals surface area contributed by atoms with Crippen molar-refractivity contribution >= 4 is 40.7 Å². The lowest BCUT2D eigenvalue weighted by molar-refractivity contribution is -0.342. The molecule has 0 spiro atoms. The molecule has 0 bridgehead atoms. The summed E-state index contributed by atoms with van der Waals surface area (Å²) < 4.78 is 40.2. The van der Waals surface area contributed by atoms with E-state index in [1.807, 2.05) is 23.1 Å². The van der Waals surface area contributed by atoms with E-state index in [9.17, 15) is 24.0 Å². The van der Waals surface area contributed by atoms with E-state index in [1.165, 1.54) is 18.7 Å². The van der Waals surface area contributed by atoms with E-state index < -0.39 is 73.4 Å². The summed E-state index contributed by atoms with van der Waals surface area (Å²) in [4.78, 5) is 67.6. The summed E-state index contributed by atoms with van der Waals surface area (Å²) in [5.74, 6) is -3.98. The molecule has 2 fully saturated rings. The number of H-pyrrole nitrogens is 1. The van der Waals surface area contributed by atoms with Crippen LogP contribution in [0.2, 0.25) is 0 Å². The summed E-state index contributed by atoms with van der Waals surface area (Å²) in [6, 6.07) is 7.85. The zero-order valence-electron chi connectivity index (χ0n) is 27.0. The Kier molecular flexibility index (Phi) is 9.30. The molecule has 1 N–H and O–H groups in total. The van der Waals surface area contributed by atoms with Gasteiger partial charge >= 0.3 is 23.9 Å². The third-order valence-corrected chi connectivity index (χ3v) is 9.14. The second-order valence-electron chi connectivity index (χ2n) is 12.3. The number of nitrogens with zero attached hydrogens (tertiary/aromatic N) is 1. The van der Waals surface area contributed by atoms with Crippen LogP contribution >= 0.6 is 0 Å². The number of aromatic amines is 1. The molecule has 48 heavy (non-hydrogen) atoms. The fourth-order valence-electron chi connectivity index (χ4n) is 7.25. The Balaban J connectivity index is 1.31. The number of hydrogen-bond donors (Lipinski definition) is 1. The van der Waals surface area contributed by atoms with Crippen LogP contribution < -0.4 is 0 Å². The van der Waals surface area contributed by atoms with E-state index in [2.05, 4.69) is 17.6 Å². The maximum atomic E-state index is 13.9. The molecule has 2 saturated heterocycles. The number of hydrogen-bond acceptors (Lipinski definition) is 12. The lowest BCUT2D eigenvalue weighted by Crippen LogP contribution is -2.63. The number of fused-ring (bicyclic) bond motifs is 6. The highest BCUT2D eigenvalue weighted by Crippen LogP contribution is 2.48. The fourth-order valence-corrected chi connectivity index (χ4v) is 7.25. The first-order valence-electron chi connectivity index (χ1n) is 15.8. The van der Waals surface area contributed by atoms with Crippen molar-refractivity contribution in [3.05, 3.63) is 60.0 Å². The van der Waals surface area contributed by atoms with Crippen LogP contribution in [0.3, 0.4) is 0 Å². The van der Waals surface area contributed by atoms with Crippen molar-refractivity contribution in [2.75, 3.05) is 13.2 Å². The second-order valence-corrected chi connectivity index (χ2v) is 12.3.